The molecular weight excluding hydrogens is 210 g/mol. The van der Waals surface area contributed by atoms with Gasteiger partial charge in [0.2, 0.25) is 0 Å². The van der Waals surface area contributed by atoms with Crippen LogP contribution in [0.15, 0.2) is 9.59 Å². The predicted molar refractivity (Wildman–Crippen MR) is 59.4 cm³/mol. The average Bonchev–Trinajstić information content (AvgIpc) is 2.63. The van der Waals surface area contributed by atoms with Gasteiger partial charge in [0.05, 0.1) is 6.04 Å². The summed E-state index contributed by atoms with van der Waals surface area (Å²) in [6.45, 7) is 2.00. The lowest BCUT2D eigenvalue weighted by atomic mass is 10.2. The molecule has 4 N–H and O–H groups in total. The van der Waals surface area contributed by atoms with E-state index in [0.717, 1.165) is 6.42 Å². The third-order valence-corrected chi connectivity index (χ3v) is 2.49. The fraction of sp³-hybridized carbons (Fsp3) is 0.444. The Morgan fingerprint density at radius 1 is 1.31 bits per heavy atom. The molecule has 86 valence electrons. The third kappa shape index (κ3) is 1.65. The standard InChI is InChI=1S/C9H13N5O2/c1-3-4(10-2)6-11-5-7(12-6)13-9(16)14-8(5)15/h4,10H,3H2,1-2H3,(H3,11,12,13,14,15,16). The molecule has 2 aromatic rings. The summed E-state index contributed by atoms with van der Waals surface area (Å²) < 4.78 is 0. The van der Waals surface area contributed by atoms with Crippen molar-refractivity contribution in [2.45, 2.75) is 19.4 Å². The maximum Gasteiger partial charge on any atom is 0.327 e. The van der Waals surface area contributed by atoms with Gasteiger partial charge in [-0.3, -0.25) is 14.8 Å². The minimum atomic E-state index is -0.548. The number of hydrogen-bond donors (Lipinski definition) is 4. The van der Waals surface area contributed by atoms with Crippen LogP contribution in [0.25, 0.3) is 11.2 Å². The highest BCUT2D eigenvalue weighted by molar-refractivity contribution is 5.68. The highest BCUT2D eigenvalue weighted by Gasteiger charge is 2.13. The average molecular weight is 223 g/mol. The molecule has 2 heterocycles. The van der Waals surface area contributed by atoms with Crippen LogP contribution in [0.5, 0.6) is 0 Å². The van der Waals surface area contributed by atoms with E-state index in [1.807, 2.05) is 14.0 Å². The molecule has 0 aromatic carbocycles. The lowest BCUT2D eigenvalue weighted by molar-refractivity contribution is 0.551. The van der Waals surface area contributed by atoms with E-state index >= 15 is 0 Å². The molecular formula is C9H13N5O2. The first-order valence-corrected chi connectivity index (χ1v) is 5.05. The van der Waals surface area contributed by atoms with Crippen LogP contribution in [0.3, 0.4) is 0 Å². The molecule has 7 nitrogen and oxygen atoms in total. The van der Waals surface area contributed by atoms with Gasteiger partial charge in [-0.05, 0) is 13.5 Å². The highest BCUT2D eigenvalue weighted by atomic mass is 16.2. The molecule has 1 unspecified atom stereocenters. The Morgan fingerprint density at radius 3 is 2.69 bits per heavy atom. The SMILES string of the molecule is CCC(NC)c1nc2[nH]c(=O)[nH]c(=O)c2[nH]1. The zero-order valence-corrected chi connectivity index (χ0v) is 9.05. The number of rotatable bonds is 3. The molecule has 2 aromatic heterocycles. The van der Waals surface area contributed by atoms with Crippen LogP contribution in [0.2, 0.25) is 0 Å². The largest absolute Gasteiger partial charge is 0.335 e. The van der Waals surface area contributed by atoms with E-state index in [1.165, 1.54) is 0 Å². The Hall–Kier alpha value is -1.89. The van der Waals surface area contributed by atoms with Gasteiger partial charge in [0.1, 0.15) is 11.3 Å². The quantitative estimate of drug-likeness (QED) is 0.568. The zero-order chi connectivity index (χ0) is 11.7. The molecule has 0 fully saturated rings. The minimum absolute atomic E-state index is 0.0373. The first-order valence-electron chi connectivity index (χ1n) is 5.05. The summed E-state index contributed by atoms with van der Waals surface area (Å²) in [7, 11) is 1.81. The smallest absolute Gasteiger partial charge is 0.327 e. The predicted octanol–water partition coefficient (Wildman–Crippen LogP) is -0.390. The molecule has 7 heteroatoms. The number of H-pyrrole nitrogens is 3. The van der Waals surface area contributed by atoms with Crippen molar-refractivity contribution in [3.05, 3.63) is 26.7 Å². The maximum atomic E-state index is 11.4. The van der Waals surface area contributed by atoms with Gasteiger partial charge in [0.25, 0.3) is 5.56 Å². The van der Waals surface area contributed by atoms with Crippen LogP contribution < -0.4 is 16.6 Å². The van der Waals surface area contributed by atoms with Crippen molar-refractivity contribution in [3.8, 4) is 0 Å². The molecule has 0 saturated carbocycles. The first kappa shape index (κ1) is 10.6. The third-order valence-electron chi connectivity index (χ3n) is 2.49. The van der Waals surface area contributed by atoms with Gasteiger partial charge in [0.15, 0.2) is 5.65 Å². The van der Waals surface area contributed by atoms with Crippen LogP contribution in [0.1, 0.15) is 25.2 Å². The lowest BCUT2D eigenvalue weighted by Crippen LogP contribution is -2.21. The zero-order valence-electron chi connectivity index (χ0n) is 9.05. The number of nitrogens with zero attached hydrogens (tertiary/aromatic N) is 1. The molecule has 0 radical (unpaired) electrons. The molecule has 0 spiro atoms. The molecule has 1 atom stereocenters. The van der Waals surface area contributed by atoms with Crippen molar-refractivity contribution in [2.75, 3.05) is 7.05 Å². The number of nitrogens with one attached hydrogen (secondary N) is 4. The molecule has 0 aliphatic carbocycles. The van der Waals surface area contributed by atoms with Crippen molar-refractivity contribution in [1.29, 1.82) is 0 Å². The molecule has 0 aliphatic rings. The van der Waals surface area contributed by atoms with E-state index < -0.39 is 11.2 Å². The van der Waals surface area contributed by atoms with Crippen molar-refractivity contribution >= 4 is 11.2 Å². The Morgan fingerprint density at radius 2 is 2.06 bits per heavy atom. The summed E-state index contributed by atoms with van der Waals surface area (Å²) in [5, 5.41) is 3.07. The van der Waals surface area contributed by atoms with E-state index in [2.05, 4.69) is 25.3 Å². The van der Waals surface area contributed by atoms with Gasteiger partial charge in [0, 0.05) is 0 Å². The van der Waals surface area contributed by atoms with Crippen molar-refractivity contribution in [3.63, 3.8) is 0 Å². The van der Waals surface area contributed by atoms with Gasteiger partial charge in [-0.15, -0.1) is 0 Å². The van der Waals surface area contributed by atoms with Gasteiger partial charge in [-0.2, -0.15) is 0 Å². The summed E-state index contributed by atoms with van der Waals surface area (Å²) in [6, 6.07) is 0.0373. The molecule has 0 bridgehead atoms. The number of aromatic amines is 3. The highest BCUT2D eigenvalue weighted by Crippen LogP contribution is 2.13. The van der Waals surface area contributed by atoms with Crippen molar-refractivity contribution in [2.24, 2.45) is 0 Å². The van der Waals surface area contributed by atoms with Crippen molar-refractivity contribution in [1.82, 2.24) is 25.3 Å². The van der Waals surface area contributed by atoms with Gasteiger partial charge >= 0.3 is 5.69 Å². The van der Waals surface area contributed by atoms with E-state index in [9.17, 15) is 9.59 Å². The van der Waals surface area contributed by atoms with E-state index in [0.29, 0.717) is 11.3 Å². The van der Waals surface area contributed by atoms with Gasteiger partial charge in [-0.25, -0.2) is 9.78 Å². The summed E-state index contributed by atoms with van der Waals surface area (Å²) >= 11 is 0. The molecule has 0 aliphatic heterocycles. The monoisotopic (exact) mass is 223 g/mol. The van der Waals surface area contributed by atoms with E-state index in [1.54, 1.807) is 0 Å². The van der Waals surface area contributed by atoms with Crippen LogP contribution in [0, 0.1) is 0 Å². The van der Waals surface area contributed by atoms with Gasteiger partial charge in [-0.1, -0.05) is 6.92 Å². The number of imidazole rings is 1. The Balaban J connectivity index is 2.64. The second kappa shape index (κ2) is 3.93. The summed E-state index contributed by atoms with van der Waals surface area (Å²) in [6.07, 6.45) is 0.832. The molecule has 0 saturated heterocycles. The minimum Gasteiger partial charge on any atom is -0.335 e. The number of aromatic nitrogens is 4. The number of hydrogen-bond acceptors (Lipinski definition) is 4. The second-order valence-electron chi connectivity index (χ2n) is 3.50. The molecule has 16 heavy (non-hydrogen) atoms. The Kier molecular flexibility index (Phi) is 2.61. The lowest BCUT2D eigenvalue weighted by Gasteiger charge is -2.09. The fourth-order valence-electron chi connectivity index (χ4n) is 1.65. The summed E-state index contributed by atoms with van der Waals surface area (Å²) in [5.74, 6) is 0.646. The number of fused-ring (bicyclic) bond motifs is 1. The maximum absolute atomic E-state index is 11.4. The first-order chi connectivity index (χ1) is 7.65. The Labute approximate surface area is 90.3 Å². The fourth-order valence-corrected chi connectivity index (χ4v) is 1.65. The summed E-state index contributed by atoms with van der Waals surface area (Å²) in [4.78, 5) is 34.2. The summed E-state index contributed by atoms with van der Waals surface area (Å²) in [5.41, 5.74) is -0.419. The van der Waals surface area contributed by atoms with Crippen LogP contribution in [0.4, 0.5) is 0 Å². The van der Waals surface area contributed by atoms with E-state index in [-0.39, 0.29) is 11.7 Å². The Bertz CT molecular complexity index is 604. The van der Waals surface area contributed by atoms with Crippen LogP contribution >= 0.6 is 0 Å². The second-order valence-corrected chi connectivity index (χ2v) is 3.50. The van der Waals surface area contributed by atoms with Crippen LogP contribution in [-0.4, -0.2) is 27.0 Å². The molecule has 0 amide bonds. The molecule has 2 rings (SSSR count). The normalized spacial score (nSPS) is 13.1. The van der Waals surface area contributed by atoms with E-state index in [4.69, 9.17) is 0 Å². The van der Waals surface area contributed by atoms with Crippen molar-refractivity contribution < 1.29 is 0 Å². The van der Waals surface area contributed by atoms with Crippen LogP contribution in [-0.2, 0) is 0 Å². The van der Waals surface area contributed by atoms with Gasteiger partial charge < -0.3 is 10.3 Å². The topological polar surface area (TPSA) is 106 Å².